The quantitative estimate of drug-likeness (QED) is 0.257. The van der Waals surface area contributed by atoms with Crippen molar-refractivity contribution in [1.29, 1.82) is 0 Å². The topological polar surface area (TPSA) is 20.2 Å². The van der Waals surface area contributed by atoms with Gasteiger partial charge in [0, 0.05) is 0 Å². The van der Waals surface area contributed by atoms with Crippen LogP contribution in [0.1, 0.15) is 80.1 Å². The molecule has 3 heteroatoms. The normalized spacial score (nSPS) is 17.6. The Balaban J connectivity index is 3.18. The molecule has 1 saturated carbocycles. The number of rotatable bonds is 12. The predicted molar refractivity (Wildman–Crippen MR) is 129 cm³/mol. The lowest BCUT2D eigenvalue weighted by Gasteiger charge is -2.43. The summed E-state index contributed by atoms with van der Waals surface area (Å²) in [7, 11) is -2.93. The first-order valence-corrected chi connectivity index (χ1v) is 17.2. The van der Waals surface area contributed by atoms with Crippen LogP contribution in [0.3, 0.4) is 0 Å². The van der Waals surface area contributed by atoms with Gasteiger partial charge in [-0.1, -0.05) is 120 Å². The number of hydrogen-bond donors (Lipinski definition) is 1. The van der Waals surface area contributed by atoms with Crippen LogP contribution < -0.4 is 0 Å². The van der Waals surface area contributed by atoms with Crippen LogP contribution in [0.5, 0.6) is 0 Å². The van der Waals surface area contributed by atoms with Crippen molar-refractivity contribution in [3.8, 4) is 0 Å². The van der Waals surface area contributed by atoms with Gasteiger partial charge in [0.05, 0.1) is 22.3 Å². The maximum absolute atomic E-state index is 11.1. The summed E-state index contributed by atoms with van der Waals surface area (Å²) in [6.07, 6.45) is 9.52. The van der Waals surface area contributed by atoms with Crippen LogP contribution in [0.2, 0.25) is 36.3 Å². The fraction of sp³-hybridized carbons (Fsp3) is 0.833. The molecule has 1 aliphatic rings. The lowest BCUT2D eigenvalue weighted by molar-refractivity contribution is 0.216. The molecule has 1 unspecified atom stereocenters. The minimum Gasteiger partial charge on any atom is -0.389 e. The first-order valence-electron chi connectivity index (χ1n) is 12.0. The van der Waals surface area contributed by atoms with Crippen molar-refractivity contribution in [2.45, 2.75) is 122 Å². The Bertz CT molecular complexity index is 430. The molecule has 0 aliphatic heterocycles. The van der Waals surface area contributed by atoms with Gasteiger partial charge in [-0.3, -0.25) is 0 Å². The maximum atomic E-state index is 11.1. The van der Waals surface area contributed by atoms with E-state index in [1.54, 1.807) is 0 Å². The summed E-state index contributed by atoms with van der Waals surface area (Å²) >= 11 is 0. The van der Waals surface area contributed by atoms with Gasteiger partial charge in [-0.05, 0) is 25.2 Å². The van der Waals surface area contributed by atoms with E-state index in [0.717, 1.165) is 6.42 Å². The summed E-state index contributed by atoms with van der Waals surface area (Å²) in [4.78, 5) is 1.82. The molecule has 1 fully saturated rings. The fourth-order valence-electron chi connectivity index (χ4n) is 5.76. The smallest absolute Gasteiger partial charge is 0.0762 e. The van der Waals surface area contributed by atoms with Gasteiger partial charge >= 0.3 is 0 Å². The molecule has 1 rings (SSSR count). The predicted octanol–water partition coefficient (Wildman–Crippen LogP) is 7.90. The van der Waals surface area contributed by atoms with Crippen molar-refractivity contribution in [3.63, 3.8) is 0 Å². The summed E-state index contributed by atoms with van der Waals surface area (Å²) in [5.74, 6) is 0.654. The number of aliphatic hydroxyl groups is 1. The van der Waals surface area contributed by atoms with Crippen LogP contribution >= 0.6 is 0 Å². The molecule has 0 aromatic heterocycles. The second kappa shape index (κ2) is 11.8. The Hall–Kier alpha value is -0.126. The highest BCUT2D eigenvalue weighted by molar-refractivity contribution is 7.07. The third kappa shape index (κ3) is 5.93. The van der Waals surface area contributed by atoms with Crippen LogP contribution in [-0.2, 0) is 0 Å². The molecule has 0 bridgehead atoms. The van der Waals surface area contributed by atoms with E-state index in [9.17, 15) is 5.11 Å². The van der Waals surface area contributed by atoms with Gasteiger partial charge in [0.15, 0.2) is 0 Å². The van der Waals surface area contributed by atoms with Crippen LogP contribution in [0.25, 0.3) is 0 Å². The van der Waals surface area contributed by atoms with Gasteiger partial charge in [0.1, 0.15) is 0 Å². The van der Waals surface area contributed by atoms with Crippen molar-refractivity contribution in [1.82, 2.24) is 0 Å². The van der Waals surface area contributed by atoms with E-state index in [0.29, 0.717) is 5.92 Å². The van der Waals surface area contributed by atoms with E-state index >= 15 is 0 Å². The first-order chi connectivity index (χ1) is 12.9. The molecular formula is C24H48OSi2. The minimum atomic E-state index is -1.47. The van der Waals surface area contributed by atoms with Gasteiger partial charge in [-0.2, -0.15) is 0 Å². The molecule has 0 heterocycles. The van der Waals surface area contributed by atoms with Gasteiger partial charge in [-0.15, -0.1) is 0 Å². The molecule has 158 valence electrons. The van der Waals surface area contributed by atoms with Crippen molar-refractivity contribution >= 4 is 16.1 Å². The zero-order chi connectivity index (χ0) is 20.5. The Morgan fingerprint density at radius 1 is 0.852 bits per heavy atom. The van der Waals surface area contributed by atoms with Crippen LogP contribution in [0, 0.1) is 5.92 Å². The fourth-order valence-corrected chi connectivity index (χ4v) is 19.8. The Kier molecular flexibility index (Phi) is 10.9. The molecule has 1 nitrogen and oxygen atoms in total. The van der Waals surface area contributed by atoms with Crippen molar-refractivity contribution in [2.24, 2.45) is 5.92 Å². The zero-order valence-corrected chi connectivity index (χ0v) is 21.4. The van der Waals surface area contributed by atoms with Crippen molar-refractivity contribution < 1.29 is 5.11 Å². The molecule has 0 radical (unpaired) electrons. The lowest BCUT2D eigenvalue weighted by atomic mass is 9.82. The second-order valence-corrected chi connectivity index (χ2v) is 20.0. The van der Waals surface area contributed by atoms with Gasteiger partial charge in [0.25, 0.3) is 0 Å². The molecule has 27 heavy (non-hydrogen) atoms. The standard InChI is InChI=1S/C24H48OSi2/c1-8-26(9-2,10-3)24(27(11-4,12-5)13-6)20-23(25)19-21(7)22-17-15-14-16-18-22/h20,22-23,25H,7-19H2,1-6H3. The molecule has 0 saturated heterocycles. The van der Waals surface area contributed by atoms with Gasteiger partial charge < -0.3 is 5.11 Å². The SMILES string of the molecule is C=C(CC(O)C=C([Si](CC)(CC)CC)[Si](CC)(CC)CC)C1CCCCC1. The van der Waals surface area contributed by atoms with E-state index in [2.05, 4.69) is 54.2 Å². The molecule has 0 spiro atoms. The Morgan fingerprint density at radius 2 is 1.26 bits per heavy atom. The average molecular weight is 409 g/mol. The van der Waals surface area contributed by atoms with Gasteiger partial charge in [0.2, 0.25) is 0 Å². The van der Waals surface area contributed by atoms with E-state index in [1.165, 1.54) is 73.9 Å². The Labute approximate surface area is 172 Å². The molecule has 1 aliphatic carbocycles. The second-order valence-electron chi connectivity index (χ2n) is 9.03. The largest absolute Gasteiger partial charge is 0.389 e. The van der Waals surface area contributed by atoms with E-state index in [-0.39, 0.29) is 6.10 Å². The third-order valence-electron chi connectivity index (χ3n) is 8.22. The lowest BCUT2D eigenvalue weighted by Crippen LogP contribution is -2.50. The summed E-state index contributed by atoms with van der Waals surface area (Å²) in [6, 6.07) is 7.98. The molecule has 0 amide bonds. The highest BCUT2D eigenvalue weighted by Crippen LogP contribution is 2.41. The molecule has 0 aromatic carbocycles. The molecule has 1 N–H and O–H groups in total. The highest BCUT2D eigenvalue weighted by atomic mass is 28.4. The zero-order valence-electron chi connectivity index (χ0n) is 19.4. The summed E-state index contributed by atoms with van der Waals surface area (Å²) in [6.45, 7) is 18.9. The molecule has 0 aromatic rings. The van der Waals surface area contributed by atoms with Gasteiger partial charge in [-0.25, -0.2) is 0 Å². The minimum absolute atomic E-state index is 0.317. The third-order valence-corrected chi connectivity index (χ3v) is 22.1. The maximum Gasteiger partial charge on any atom is 0.0762 e. The van der Waals surface area contributed by atoms with Crippen molar-refractivity contribution in [2.75, 3.05) is 0 Å². The van der Waals surface area contributed by atoms with Crippen LogP contribution in [0.4, 0.5) is 0 Å². The highest BCUT2D eigenvalue weighted by Gasteiger charge is 2.43. The average Bonchev–Trinajstić information content (AvgIpc) is 2.71. The summed E-state index contributed by atoms with van der Waals surface area (Å²) in [5, 5.41) is 11.1. The number of aliphatic hydroxyl groups excluding tert-OH is 1. The molecular weight excluding hydrogens is 360 g/mol. The van der Waals surface area contributed by atoms with Crippen LogP contribution in [-0.4, -0.2) is 27.4 Å². The monoisotopic (exact) mass is 408 g/mol. The van der Waals surface area contributed by atoms with E-state index < -0.39 is 16.1 Å². The number of hydrogen-bond acceptors (Lipinski definition) is 1. The Morgan fingerprint density at radius 3 is 1.63 bits per heavy atom. The summed E-state index contributed by atoms with van der Waals surface area (Å²) < 4.78 is 0. The molecule has 1 atom stereocenters. The van der Waals surface area contributed by atoms with E-state index in [1.807, 2.05) is 4.82 Å². The first kappa shape index (κ1) is 24.9. The van der Waals surface area contributed by atoms with Crippen molar-refractivity contribution in [3.05, 3.63) is 23.0 Å². The summed E-state index contributed by atoms with van der Waals surface area (Å²) in [5.41, 5.74) is 1.31. The van der Waals surface area contributed by atoms with E-state index in [4.69, 9.17) is 0 Å². The van der Waals surface area contributed by atoms with Crippen LogP contribution in [0.15, 0.2) is 23.0 Å².